The molecule has 28 heavy (non-hydrogen) atoms. The second-order valence-corrected chi connectivity index (χ2v) is 7.08. The quantitative estimate of drug-likeness (QED) is 0.594. The molecule has 0 saturated heterocycles. The van der Waals surface area contributed by atoms with E-state index in [0.717, 1.165) is 16.9 Å². The summed E-state index contributed by atoms with van der Waals surface area (Å²) in [5.74, 6) is 1.54. The molecule has 1 amide bonds. The number of nitrogens with zero attached hydrogens (tertiary/aromatic N) is 3. The Labute approximate surface area is 169 Å². The van der Waals surface area contributed by atoms with E-state index in [1.165, 1.54) is 0 Å². The number of hydrogen-bond acceptors (Lipinski definition) is 5. The summed E-state index contributed by atoms with van der Waals surface area (Å²) >= 11 is 6.09. The Morgan fingerprint density at radius 1 is 1.18 bits per heavy atom. The van der Waals surface area contributed by atoms with Gasteiger partial charge in [-0.3, -0.25) is 4.79 Å². The number of benzene rings is 2. The van der Waals surface area contributed by atoms with Crippen molar-refractivity contribution in [2.75, 3.05) is 13.6 Å². The van der Waals surface area contributed by atoms with Gasteiger partial charge in [-0.15, -0.1) is 0 Å². The Hall–Kier alpha value is -2.86. The molecule has 1 aromatic heterocycles. The van der Waals surface area contributed by atoms with Gasteiger partial charge in [0, 0.05) is 20.0 Å². The SMILES string of the molecule is Cc1cc(C)cc(OCc2nc(CCN(C)C(=O)c3ccccc3Cl)no2)c1. The van der Waals surface area contributed by atoms with Crippen LogP contribution in [0.25, 0.3) is 0 Å². The van der Waals surface area contributed by atoms with Crippen LogP contribution >= 0.6 is 11.6 Å². The molecule has 3 rings (SSSR count). The van der Waals surface area contributed by atoms with Gasteiger partial charge in [0.1, 0.15) is 5.75 Å². The van der Waals surface area contributed by atoms with Crippen LogP contribution in [0, 0.1) is 13.8 Å². The highest BCUT2D eigenvalue weighted by atomic mass is 35.5. The zero-order chi connectivity index (χ0) is 20.1. The third-order valence-electron chi connectivity index (χ3n) is 4.19. The molecule has 0 N–H and O–H groups in total. The molecule has 0 spiro atoms. The van der Waals surface area contributed by atoms with Crippen molar-refractivity contribution in [2.45, 2.75) is 26.9 Å². The first-order valence-corrected chi connectivity index (χ1v) is 9.32. The Morgan fingerprint density at radius 3 is 2.61 bits per heavy atom. The third kappa shape index (κ3) is 5.10. The van der Waals surface area contributed by atoms with E-state index >= 15 is 0 Å². The van der Waals surface area contributed by atoms with Crippen LogP contribution in [0.1, 0.15) is 33.2 Å². The van der Waals surface area contributed by atoms with E-state index in [1.54, 1.807) is 36.2 Å². The number of aryl methyl sites for hydroxylation is 2. The summed E-state index contributed by atoms with van der Waals surface area (Å²) in [6.45, 7) is 4.68. The fraction of sp³-hybridized carbons (Fsp3) is 0.286. The standard InChI is InChI=1S/C21H22ClN3O3/c1-14-10-15(2)12-16(11-14)27-13-20-23-19(24-28-20)8-9-25(3)21(26)17-6-4-5-7-18(17)22/h4-7,10-12H,8-9,13H2,1-3H3. The van der Waals surface area contributed by atoms with Crippen molar-refractivity contribution in [3.63, 3.8) is 0 Å². The van der Waals surface area contributed by atoms with Gasteiger partial charge in [0.15, 0.2) is 12.4 Å². The van der Waals surface area contributed by atoms with E-state index in [1.807, 2.05) is 26.0 Å². The lowest BCUT2D eigenvalue weighted by Gasteiger charge is -2.16. The number of rotatable bonds is 7. The van der Waals surface area contributed by atoms with Crippen molar-refractivity contribution in [3.8, 4) is 5.75 Å². The van der Waals surface area contributed by atoms with E-state index in [9.17, 15) is 4.79 Å². The molecule has 0 atom stereocenters. The number of likely N-dealkylation sites (N-methyl/N-ethyl adjacent to an activating group) is 1. The monoisotopic (exact) mass is 399 g/mol. The van der Waals surface area contributed by atoms with Gasteiger partial charge in [-0.1, -0.05) is 35.0 Å². The van der Waals surface area contributed by atoms with Gasteiger partial charge in [-0.05, 0) is 49.2 Å². The topological polar surface area (TPSA) is 68.5 Å². The Bertz CT molecular complexity index is 951. The van der Waals surface area contributed by atoms with Gasteiger partial charge < -0.3 is 14.2 Å². The predicted molar refractivity (Wildman–Crippen MR) is 107 cm³/mol. The van der Waals surface area contributed by atoms with Gasteiger partial charge in [0.05, 0.1) is 10.6 Å². The van der Waals surface area contributed by atoms with Crippen molar-refractivity contribution in [1.29, 1.82) is 0 Å². The Balaban J connectivity index is 1.53. The molecule has 0 unspecified atom stereocenters. The molecule has 1 heterocycles. The van der Waals surface area contributed by atoms with Crippen LogP contribution in [-0.4, -0.2) is 34.5 Å². The number of hydrogen-bond donors (Lipinski definition) is 0. The highest BCUT2D eigenvalue weighted by Crippen LogP contribution is 2.18. The predicted octanol–water partition coefficient (Wildman–Crippen LogP) is 4.23. The molecule has 0 aliphatic carbocycles. The van der Waals surface area contributed by atoms with Crippen LogP contribution in [0.2, 0.25) is 5.02 Å². The lowest BCUT2D eigenvalue weighted by atomic mass is 10.1. The number of halogens is 1. The summed E-state index contributed by atoms with van der Waals surface area (Å²) in [5, 5.41) is 4.39. The van der Waals surface area contributed by atoms with Crippen LogP contribution in [-0.2, 0) is 13.0 Å². The summed E-state index contributed by atoms with van der Waals surface area (Å²) in [6.07, 6.45) is 0.472. The maximum Gasteiger partial charge on any atom is 0.264 e. The fourth-order valence-electron chi connectivity index (χ4n) is 2.82. The van der Waals surface area contributed by atoms with Crippen LogP contribution in [0.15, 0.2) is 47.0 Å². The van der Waals surface area contributed by atoms with Crippen molar-refractivity contribution in [3.05, 3.63) is 75.9 Å². The van der Waals surface area contributed by atoms with Crippen LogP contribution in [0.5, 0.6) is 5.75 Å². The van der Waals surface area contributed by atoms with Gasteiger partial charge in [-0.2, -0.15) is 4.98 Å². The van der Waals surface area contributed by atoms with Gasteiger partial charge in [0.2, 0.25) is 0 Å². The van der Waals surface area contributed by atoms with Crippen molar-refractivity contribution in [1.82, 2.24) is 15.0 Å². The number of carbonyl (C=O) groups excluding carboxylic acids is 1. The lowest BCUT2D eigenvalue weighted by Crippen LogP contribution is -2.29. The molecular weight excluding hydrogens is 378 g/mol. The molecule has 3 aromatic rings. The fourth-order valence-corrected chi connectivity index (χ4v) is 3.04. The second-order valence-electron chi connectivity index (χ2n) is 6.67. The molecule has 146 valence electrons. The molecule has 0 radical (unpaired) electrons. The minimum atomic E-state index is -0.146. The highest BCUT2D eigenvalue weighted by Gasteiger charge is 2.16. The molecule has 2 aromatic carbocycles. The molecular formula is C21H22ClN3O3. The molecule has 0 saturated carbocycles. The summed E-state index contributed by atoms with van der Waals surface area (Å²) in [4.78, 5) is 18.4. The average Bonchev–Trinajstić information content (AvgIpc) is 3.11. The maximum atomic E-state index is 12.5. The second kappa shape index (κ2) is 8.89. The first kappa shape index (κ1) is 19.9. The van der Waals surface area contributed by atoms with Crippen LogP contribution in [0.4, 0.5) is 0 Å². The summed E-state index contributed by atoms with van der Waals surface area (Å²) in [6, 6.07) is 13.0. The summed E-state index contributed by atoms with van der Waals surface area (Å²) in [7, 11) is 1.72. The molecule has 0 bridgehead atoms. The Morgan fingerprint density at radius 2 is 1.89 bits per heavy atom. The smallest absolute Gasteiger partial charge is 0.264 e. The Kier molecular flexibility index (Phi) is 6.31. The molecule has 6 nitrogen and oxygen atoms in total. The maximum absolute atomic E-state index is 12.5. The van der Waals surface area contributed by atoms with E-state index in [0.29, 0.717) is 35.3 Å². The normalized spacial score (nSPS) is 10.7. The van der Waals surface area contributed by atoms with E-state index in [2.05, 4.69) is 16.2 Å². The van der Waals surface area contributed by atoms with E-state index in [-0.39, 0.29) is 12.5 Å². The minimum absolute atomic E-state index is 0.146. The van der Waals surface area contributed by atoms with Gasteiger partial charge >= 0.3 is 0 Å². The number of ether oxygens (including phenoxy) is 1. The molecule has 0 aliphatic heterocycles. The number of amides is 1. The first-order valence-electron chi connectivity index (χ1n) is 8.95. The molecule has 0 aliphatic rings. The summed E-state index contributed by atoms with van der Waals surface area (Å²) in [5.41, 5.74) is 2.74. The number of carbonyl (C=O) groups is 1. The molecule has 0 fully saturated rings. The van der Waals surface area contributed by atoms with E-state index < -0.39 is 0 Å². The van der Waals surface area contributed by atoms with Crippen LogP contribution < -0.4 is 4.74 Å². The van der Waals surface area contributed by atoms with Crippen molar-refractivity contribution in [2.24, 2.45) is 0 Å². The first-order chi connectivity index (χ1) is 13.4. The highest BCUT2D eigenvalue weighted by molar-refractivity contribution is 6.33. The largest absolute Gasteiger partial charge is 0.484 e. The third-order valence-corrected chi connectivity index (χ3v) is 4.52. The average molecular weight is 400 g/mol. The van der Waals surface area contributed by atoms with Gasteiger partial charge in [0.25, 0.3) is 11.8 Å². The zero-order valence-corrected chi connectivity index (χ0v) is 16.9. The lowest BCUT2D eigenvalue weighted by molar-refractivity contribution is 0.0796. The van der Waals surface area contributed by atoms with Gasteiger partial charge in [-0.25, -0.2) is 0 Å². The number of aromatic nitrogens is 2. The van der Waals surface area contributed by atoms with E-state index in [4.69, 9.17) is 20.9 Å². The minimum Gasteiger partial charge on any atom is -0.484 e. The van der Waals surface area contributed by atoms with Crippen molar-refractivity contribution >= 4 is 17.5 Å². The molecule has 7 heteroatoms. The summed E-state index contributed by atoms with van der Waals surface area (Å²) < 4.78 is 11.0. The zero-order valence-electron chi connectivity index (χ0n) is 16.1. The van der Waals surface area contributed by atoms with Crippen molar-refractivity contribution < 1.29 is 14.1 Å². The van der Waals surface area contributed by atoms with Crippen LogP contribution in [0.3, 0.4) is 0 Å².